The molecule has 1 atom stereocenters. The Morgan fingerprint density at radius 2 is 2.25 bits per heavy atom. The zero-order valence-corrected chi connectivity index (χ0v) is 11.1. The van der Waals surface area contributed by atoms with Crippen LogP contribution in [0.4, 0.5) is 0 Å². The Kier molecular flexibility index (Phi) is 4.34. The van der Waals surface area contributed by atoms with Crippen LogP contribution in [0.3, 0.4) is 0 Å². The van der Waals surface area contributed by atoms with Gasteiger partial charge >= 0.3 is 11.9 Å². The highest BCUT2D eigenvalue weighted by atomic mass is 127. The number of carbonyl (C=O) groups is 2. The van der Waals surface area contributed by atoms with Gasteiger partial charge in [0.2, 0.25) is 0 Å². The SMILES string of the molecule is CCOC(=O)C(C)n1cc(I)cc1C(=O)O. The number of carbonyl (C=O) groups excluding carboxylic acids is 1. The molecule has 1 heterocycles. The standard InChI is InChI=1S/C10H12INO4/c1-3-16-10(15)6(2)12-5-7(11)4-8(12)9(13)14/h4-6H,3H2,1-2H3,(H,13,14). The van der Waals surface area contributed by atoms with Crippen molar-refractivity contribution in [3.63, 3.8) is 0 Å². The lowest BCUT2D eigenvalue weighted by atomic mass is 10.3. The van der Waals surface area contributed by atoms with Gasteiger partial charge in [-0.05, 0) is 42.5 Å². The molecule has 1 N–H and O–H groups in total. The molecule has 0 saturated heterocycles. The number of aromatic carboxylic acids is 1. The number of hydrogen-bond donors (Lipinski definition) is 1. The topological polar surface area (TPSA) is 68.5 Å². The van der Waals surface area contributed by atoms with Gasteiger partial charge in [-0.3, -0.25) is 0 Å². The van der Waals surface area contributed by atoms with Gasteiger partial charge in [0, 0.05) is 9.77 Å². The molecule has 1 unspecified atom stereocenters. The van der Waals surface area contributed by atoms with Gasteiger partial charge < -0.3 is 14.4 Å². The van der Waals surface area contributed by atoms with E-state index >= 15 is 0 Å². The first kappa shape index (κ1) is 13.0. The molecule has 6 heteroatoms. The molecule has 1 aromatic rings. The molecule has 0 aliphatic heterocycles. The Balaban J connectivity index is 3.02. The fourth-order valence-electron chi connectivity index (χ4n) is 1.31. The third kappa shape index (κ3) is 2.75. The van der Waals surface area contributed by atoms with Gasteiger partial charge in [-0.1, -0.05) is 0 Å². The van der Waals surface area contributed by atoms with Gasteiger partial charge in [-0.25, -0.2) is 9.59 Å². The van der Waals surface area contributed by atoms with Gasteiger partial charge in [0.15, 0.2) is 0 Å². The van der Waals surface area contributed by atoms with Crippen molar-refractivity contribution in [1.82, 2.24) is 4.57 Å². The van der Waals surface area contributed by atoms with Crippen molar-refractivity contribution in [3.8, 4) is 0 Å². The Morgan fingerprint density at radius 1 is 1.62 bits per heavy atom. The monoisotopic (exact) mass is 337 g/mol. The molecule has 88 valence electrons. The Bertz CT molecular complexity index is 413. The molecule has 0 bridgehead atoms. The van der Waals surface area contributed by atoms with Gasteiger partial charge in [0.25, 0.3) is 0 Å². The van der Waals surface area contributed by atoms with E-state index in [2.05, 4.69) is 0 Å². The summed E-state index contributed by atoms with van der Waals surface area (Å²) in [4.78, 5) is 22.4. The molecule has 0 spiro atoms. The largest absolute Gasteiger partial charge is 0.477 e. The summed E-state index contributed by atoms with van der Waals surface area (Å²) in [7, 11) is 0. The van der Waals surface area contributed by atoms with E-state index in [0.29, 0.717) is 0 Å². The highest BCUT2D eigenvalue weighted by Crippen LogP contribution is 2.18. The predicted octanol–water partition coefficient (Wildman–Crippen LogP) is 1.92. The molecular formula is C10H12INO4. The highest BCUT2D eigenvalue weighted by Gasteiger charge is 2.21. The third-order valence-corrected chi connectivity index (χ3v) is 2.67. The van der Waals surface area contributed by atoms with Gasteiger partial charge in [0.05, 0.1) is 6.61 Å². The second-order valence-corrected chi connectivity index (χ2v) is 4.43. The lowest BCUT2D eigenvalue weighted by molar-refractivity contribution is -0.146. The van der Waals surface area contributed by atoms with Crippen LogP contribution in [0.1, 0.15) is 30.4 Å². The molecule has 5 nitrogen and oxygen atoms in total. The fraction of sp³-hybridized carbons (Fsp3) is 0.400. The average molecular weight is 337 g/mol. The number of nitrogens with zero attached hydrogens (tertiary/aromatic N) is 1. The summed E-state index contributed by atoms with van der Waals surface area (Å²) in [5.74, 6) is -1.49. The smallest absolute Gasteiger partial charge is 0.352 e. The molecule has 0 amide bonds. The van der Waals surface area contributed by atoms with Crippen LogP contribution in [0.2, 0.25) is 0 Å². The van der Waals surface area contributed by atoms with Gasteiger partial charge in [-0.2, -0.15) is 0 Å². The minimum absolute atomic E-state index is 0.0879. The molecule has 16 heavy (non-hydrogen) atoms. The zero-order chi connectivity index (χ0) is 12.3. The second kappa shape index (κ2) is 5.33. The fourth-order valence-corrected chi connectivity index (χ4v) is 1.91. The summed E-state index contributed by atoms with van der Waals surface area (Å²) in [6.45, 7) is 3.60. The first-order valence-electron chi connectivity index (χ1n) is 4.74. The minimum atomic E-state index is -1.06. The summed E-state index contributed by atoms with van der Waals surface area (Å²) in [6, 6.07) is 0.882. The van der Waals surface area contributed by atoms with Crippen LogP contribution in [0.15, 0.2) is 12.3 Å². The number of esters is 1. The molecule has 0 radical (unpaired) electrons. The number of aromatic nitrogens is 1. The van der Waals surface area contributed by atoms with E-state index in [9.17, 15) is 9.59 Å². The highest BCUT2D eigenvalue weighted by molar-refractivity contribution is 14.1. The minimum Gasteiger partial charge on any atom is -0.477 e. The van der Waals surface area contributed by atoms with E-state index in [1.807, 2.05) is 22.6 Å². The van der Waals surface area contributed by atoms with E-state index in [1.54, 1.807) is 20.0 Å². The molecule has 0 aromatic carbocycles. The quantitative estimate of drug-likeness (QED) is 0.673. The number of rotatable bonds is 4. The van der Waals surface area contributed by atoms with Crippen LogP contribution in [0.25, 0.3) is 0 Å². The lowest BCUT2D eigenvalue weighted by Crippen LogP contribution is -2.21. The molecule has 0 fully saturated rings. The summed E-state index contributed by atoms with van der Waals surface area (Å²) >= 11 is 2.00. The van der Waals surface area contributed by atoms with Crippen molar-refractivity contribution in [3.05, 3.63) is 21.5 Å². The van der Waals surface area contributed by atoms with E-state index in [4.69, 9.17) is 9.84 Å². The predicted molar refractivity (Wildman–Crippen MR) is 65.5 cm³/mol. The van der Waals surface area contributed by atoms with Crippen molar-refractivity contribution >= 4 is 34.5 Å². The second-order valence-electron chi connectivity index (χ2n) is 3.18. The maximum absolute atomic E-state index is 11.5. The zero-order valence-electron chi connectivity index (χ0n) is 8.94. The molecule has 0 aliphatic carbocycles. The number of carboxylic acids is 1. The first-order valence-corrected chi connectivity index (χ1v) is 5.82. The van der Waals surface area contributed by atoms with Crippen molar-refractivity contribution in [2.24, 2.45) is 0 Å². The summed E-state index contributed by atoms with van der Waals surface area (Å²) in [5.41, 5.74) is 0.0879. The van der Waals surface area contributed by atoms with Crippen LogP contribution < -0.4 is 0 Å². The first-order chi connectivity index (χ1) is 7.47. The summed E-state index contributed by atoms with van der Waals surface area (Å²) < 4.78 is 7.02. The number of ether oxygens (including phenoxy) is 1. The van der Waals surface area contributed by atoms with Crippen molar-refractivity contribution in [2.45, 2.75) is 19.9 Å². The Hall–Kier alpha value is -1.05. The van der Waals surface area contributed by atoms with E-state index < -0.39 is 18.0 Å². The molecule has 0 saturated carbocycles. The lowest BCUT2D eigenvalue weighted by Gasteiger charge is -2.13. The Morgan fingerprint density at radius 3 is 2.75 bits per heavy atom. The third-order valence-electron chi connectivity index (χ3n) is 2.08. The van der Waals surface area contributed by atoms with Gasteiger partial charge in [0.1, 0.15) is 11.7 Å². The van der Waals surface area contributed by atoms with Crippen LogP contribution in [-0.2, 0) is 9.53 Å². The van der Waals surface area contributed by atoms with Crippen LogP contribution in [0.5, 0.6) is 0 Å². The molecule has 1 aromatic heterocycles. The van der Waals surface area contributed by atoms with E-state index in [0.717, 1.165) is 3.57 Å². The van der Waals surface area contributed by atoms with E-state index in [1.165, 1.54) is 10.6 Å². The summed E-state index contributed by atoms with van der Waals surface area (Å²) in [6.07, 6.45) is 1.62. The van der Waals surface area contributed by atoms with Crippen LogP contribution in [0, 0.1) is 3.57 Å². The van der Waals surface area contributed by atoms with Gasteiger partial charge in [-0.15, -0.1) is 0 Å². The average Bonchev–Trinajstić information content (AvgIpc) is 2.59. The number of halogens is 1. The maximum Gasteiger partial charge on any atom is 0.352 e. The normalized spacial score (nSPS) is 12.2. The summed E-state index contributed by atoms with van der Waals surface area (Å²) in [5, 5.41) is 8.96. The van der Waals surface area contributed by atoms with Crippen molar-refractivity contribution < 1.29 is 19.4 Å². The van der Waals surface area contributed by atoms with Crippen molar-refractivity contribution in [1.29, 1.82) is 0 Å². The Labute approximate surface area is 107 Å². The van der Waals surface area contributed by atoms with Crippen molar-refractivity contribution in [2.75, 3.05) is 6.61 Å². The number of hydrogen-bond acceptors (Lipinski definition) is 3. The molecular weight excluding hydrogens is 325 g/mol. The number of carboxylic acid groups (broad SMARTS) is 1. The van der Waals surface area contributed by atoms with Crippen LogP contribution in [-0.4, -0.2) is 28.2 Å². The molecule has 0 aliphatic rings. The van der Waals surface area contributed by atoms with Crippen LogP contribution >= 0.6 is 22.6 Å². The molecule has 1 rings (SSSR count). The van der Waals surface area contributed by atoms with E-state index in [-0.39, 0.29) is 12.3 Å². The maximum atomic E-state index is 11.5.